The molecule has 0 N–H and O–H groups in total. The van der Waals surface area contributed by atoms with E-state index in [-0.39, 0.29) is 4.90 Å². The molecule has 7 heteroatoms. The first-order valence-corrected chi connectivity index (χ1v) is 10.8. The van der Waals surface area contributed by atoms with Gasteiger partial charge in [0.05, 0.1) is 30.8 Å². The smallest absolute Gasteiger partial charge is 0.265 e. The summed E-state index contributed by atoms with van der Waals surface area (Å²) in [6.45, 7) is 3.42. The molecule has 0 saturated heterocycles. The van der Waals surface area contributed by atoms with E-state index in [0.29, 0.717) is 28.3 Å². The van der Waals surface area contributed by atoms with Crippen LogP contribution >= 0.6 is 0 Å². The Labute approximate surface area is 176 Å². The Hall–Kier alpha value is -3.06. The number of para-hydroxylation sites is 1. The van der Waals surface area contributed by atoms with Gasteiger partial charge in [-0.3, -0.25) is 4.31 Å². The van der Waals surface area contributed by atoms with Crippen LogP contribution in [0.15, 0.2) is 71.6 Å². The van der Waals surface area contributed by atoms with Crippen LogP contribution in [0.25, 0.3) is 0 Å². The molecule has 0 radical (unpaired) electrons. The van der Waals surface area contributed by atoms with Gasteiger partial charge in [-0.15, -0.1) is 0 Å². The summed E-state index contributed by atoms with van der Waals surface area (Å²) in [5, 5.41) is 0. The lowest BCUT2D eigenvalue weighted by molar-refractivity contribution is 0.407. The zero-order chi connectivity index (χ0) is 21.9. The lowest BCUT2D eigenvalue weighted by Gasteiger charge is -2.32. The quantitative estimate of drug-likeness (QED) is 0.524. The van der Waals surface area contributed by atoms with Gasteiger partial charge in [-0.05, 0) is 61.9 Å². The molecular weight excluding hydrogens is 405 g/mol. The predicted molar refractivity (Wildman–Crippen MR) is 115 cm³/mol. The Morgan fingerprint density at radius 3 is 2.23 bits per heavy atom. The summed E-state index contributed by atoms with van der Waals surface area (Å²) in [7, 11) is -1.03. The maximum absolute atomic E-state index is 14.0. The van der Waals surface area contributed by atoms with Gasteiger partial charge in [0, 0.05) is 5.56 Å². The molecule has 0 bridgehead atoms. The van der Waals surface area contributed by atoms with Crippen molar-refractivity contribution in [3.05, 3.63) is 83.7 Å². The highest BCUT2D eigenvalue weighted by Crippen LogP contribution is 2.38. The summed E-state index contributed by atoms with van der Waals surface area (Å²) in [6, 6.07) is 17.1. The molecule has 1 unspecified atom stereocenters. The van der Waals surface area contributed by atoms with Crippen LogP contribution < -0.4 is 13.8 Å². The Balaban J connectivity index is 2.22. The second-order valence-corrected chi connectivity index (χ2v) is 8.61. The zero-order valence-corrected chi connectivity index (χ0v) is 18.1. The van der Waals surface area contributed by atoms with Gasteiger partial charge in [0.15, 0.2) is 0 Å². The summed E-state index contributed by atoms with van der Waals surface area (Å²) >= 11 is 0. The van der Waals surface area contributed by atoms with Crippen LogP contribution in [0.3, 0.4) is 0 Å². The first kappa shape index (κ1) is 21.6. The number of nitrogens with zero attached hydrogens (tertiary/aromatic N) is 1. The fraction of sp³-hybridized carbons (Fsp3) is 0.217. The predicted octanol–water partition coefficient (Wildman–Crippen LogP) is 5.11. The number of sulfonamides is 1. The van der Waals surface area contributed by atoms with Gasteiger partial charge in [-0.25, -0.2) is 12.8 Å². The van der Waals surface area contributed by atoms with E-state index in [1.165, 1.54) is 30.7 Å². The van der Waals surface area contributed by atoms with Crippen molar-refractivity contribution >= 4 is 15.7 Å². The molecule has 158 valence electrons. The van der Waals surface area contributed by atoms with Gasteiger partial charge in [0.1, 0.15) is 17.3 Å². The standard InChI is InChI=1S/C23H24FNO4S/c1-16-9-10-18(24)15-23(16)30(26,27)25(19-11-13-20(28-3)14-12-19)17(2)21-7-5-6-8-22(21)29-4/h5-15,17H,1-4H3. The minimum absolute atomic E-state index is 0.0833. The SMILES string of the molecule is COc1ccc(N(C(C)c2ccccc2OC)S(=O)(=O)c2cc(F)ccc2C)cc1. The van der Waals surface area contributed by atoms with E-state index in [2.05, 4.69) is 0 Å². The molecular formula is C23H24FNO4S. The average Bonchev–Trinajstić information content (AvgIpc) is 2.75. The van der Waals surface area contributed by atoms with Crippen LogP contribution in [0.5, 0.6) is 11.5 Å². The molecule has 0 amide bonds. The highest BCUT2D eigenvalue weighted by molar-refractivity contribution is 7.92. The van der Waals surface area contributed by atoms with Crippen molar-refractivity contribution in [1.29, 1.82) is 0 Å². The number of hydrogen-bond donors (Lipinski definition) is 0. The van der Waals surface area contributed by atoms with E-state index in [0.717, 1.165) is 6.07 Å². The third-order valence-electron chi connectivity index (χ3n) is 4.95. The number of rotatable bonds is 7. The topological polar surface area (TPSA) is 55.8 Å². The van der Waals surface area contributed by atoms with Crippen molar-refractivity contribution < 1.29 is 22.3 Å². The number of halogens is 1. The fourth-order valence-corrected chi connectivity index (χ4v) is 5.27. The Bertz CT molecular complexity index is 1130. The summed E-state index contributed by atoms with van der Waals surface area (Å²) in [5.74, 6) is 0.552. The van der Waals surface area contributed by atoms with Gasteiger partial charge in [0.2, 0.25) is 0 Å². The van der Waals surface area contributed by atoms with Crippen LogP contribution in [-0.4, -0.2) is 22.6 Å². The highest BCUT2D eigenvalue weighted by atomic mass is 32.2. The third kappa shape index (κ3) is 4.11. The normalized spacial score (nSPS) is 12.3. The lowest BCUT2D eigenvalue weighted by Crippen LogP contribution is -2.34. The van der Waals surface area contributed by atoms with Crippen LogP contribution in [0, 0.1) is 12.7 Å². The minimum atomic E-state index is -4.10. The van der Waals surface area contributed by atoms with E-state index in [9.17, 15) is 12.8 Å². The molecule has 3 aromatic carbocycles. The Morgan fingerprint density at radius 2 is 1.60 bits per heavy atom. The number of ether oxygens (including phenoxy) is 2. The monoisotopic (exact) mass is 429 g/mol. The molecule has 0 aromatic heterocycles. The van der Waals surface area contributed by atoms with E-state index >= 15 is 0 Å². The molecule has 0 aliphatic rings. The molecule has 0 aliphatic carbocycles. The van der Waals surface area contributed by atoms with Crippen molar-refractivity contribution in [1.82, 2.24) is 0 Å². The second kappa shape index (κ2) is 8.75. The van der Waals surface area contributed by atoms with Crippen molar-refractivity contribution in [2.24, 2.45) is 0 Å². The van der Waals surface area contributed by atoms with Gasteiger partial charge in [0.25, 0.3) is 10.0 Å². The summed E-state index contributed by atoms with van der Waals surface area (Å²) in [6.07, 6.45) is 0. The van der Waals surface area contributed by atoms with Crippen molar-refractivity contribution in [2.45, 2.75) is 24.8 Å². The molecule has 0 heterocycles. The van der Waals surface area contributed by atoms with E-state index in [1.54, 1.807) is 44.2 Å². The molecule has 0 saturated carbocycles. The number of hydrogen-bond acceptors (Lipinski definition) is 4. The minimum Gasteiger partial charge on any atom is -0.497 e. The number of aryl methyl sites for hydroxylation is 1. The number of anilines is 1. The molecule has 0 fully saturated rings. The van der Waals surface area contributed by atoms with Crippen LogP contribution in [0.1, 0.15) is 24.1 Å². The van der Waals surface area contributed by atoms with Gasteiger partial charge < -0.3 is 9.47 Å². The number of methoxy groups -OCH3 is 2. The number of benzene rings is 3. The Kier molecular flexibility index (Phi) is 6.31. The average molecular weight is 430 g/mol. The summed E-state index contributed by atoms with van der Waals surface area (Å²) in [5.41, 5.74) is 1.58. The second-order valence-electron chi connectivity index (χ2n) is 6.83. The third-order valence-corrected chi connectivity index (χ3v) is 7.00. The first-order chi connectivity index (χ1) is 14.3. The van der Waals surface area contributed by atoms with E-state index in [1.807, 2.05) is 18.2 Å². The molecule has 3 aromatic rings. The maximum atomic E-state index is 14.0. The van der Waals surface area contributed by atoms with Crippen LogP contribution in [-0.2, 0) is 10.0 Å². The molecule has 0 spiro atoms. The fourth-order valence-electron chi connectivity index (χ4n) is 3.40. The summed E-state index contributed by atoms with van der Waals surface area (Å²) in [4.78, 5) is -0.0833. The van der Waals surface area contributed by atoms with Gasteiger partial charge in [-0.2, -0.15) is 0 Å². The van der Waals surface area contributed by atoms with Crippen LogP contribution in [0.4, 0.5) is 10.1 Å². The Morgan fingerprint density at radius 1 is 0.933 bits per heavy atom. The van der Waals surface area contributed by atoms with Crippen molar-refractivity contribution in [3.63, 3.8) is 0 Å². The van der Waals surface area contributed by atoms with Gasteiger partial charge in [-0.1, -0.05) is 24.3 Å². The van der Waals surface area contributed by atoms with Crippen molar-refractivity contribution in [3.8, 4) is 11.5 Å². The zero-order valence-electron chi connectivity index (χ0n) is 17.3. The molecule has 1 atom stereocenters. The van der Waals surface area contributed by atoms with E-state index in [4.69, 9.17) is 9.47 Å². The largest absolute Gasteiger partial charge is 0.497 e. The lowest BCUT2D eigenvalue weighted by atomic mass is 10.1. The maximum Gasteiger partial charge on any atom is 0.265 e. The van der Waals surface area contributed by atoms with E-state index < -0.39 is 21.9 Å². The van der Waals surface area contributed by atoms with Crippen molar-refractivity contribution in [2.75, 3.05) is 18.5 Å². The molecule has 0 aliphatic heterocycles. The summed E-state index contributed by atoms with van der Waals surface area (Å²) < 4.78 is 53.4. The van der Waals surface area contributed by atoms with Crippen LogP contribution in [0.2, 0.25) is 0 Å². The van der Waals surface area contributed by atoms with Gasteiger partial charge >= 0.3 is 0 Å². The molecule has 3 rings (SSSR count). The first-order valence-electron chi connectivity index (χ1n) is 9.37. The molecule has 30 heavy (non-hydrogen) atoms. The molecule has 5 nitrogen and oxygen atoms in total. The highest BCUT2D eigenvalue weighted by Gasteiger charge is 2.33.